The van der Waals surface area contributed by atoms with Crippen molar-refractivity contribution >= 4 is 15.7 Å². The number of primary sulfonamides is 1. The zero-order chi connectivity index (χ0) is 12.6. The summed E-state index contributed by atoms with van der Waals surface area (Å²) in [6, 6.07) is 4.59. The second kappa shape index (κ2) is 4.19. The lowest BCUT2D eigenvalue weighted by molar-refractivity contribution is 0.156. The monoisotopic (exact) mass is 256 g/mol. The van der Waals surface area contributed by atoms with Crippen LogP contribution < -0.4 is 15.2 Å². The van der Waals surface area contributed by atoms with Crippen LogP contribution in [0.1, 0.15) is 13.8 Å². The Bertz CT molecular complexity index is 526. The first kappa shape index (κ1) is 12.2. The maximum absolute atomic E-state index is 11.2. The summed E-state index contributed by atoms with van der Waals surface area (Å²) in [6.45, 7) is 4.82. The number of hydrogen-bond acceptors (Lipinski definition) is 4. The quantitative estimate of drug-likeness (QED) is 0.832. The summed E-state index contributed by atoms with van der Waals surface area (Å²) >= 11 is 0. The second-order valence-corrected chi connectivity index (χ2v) is 6.05. The van der Waals surface area contributed by atoms with E-state index in [1.165, 1.54) is 12.1 Å². The Morgan fingerprint density at radius 1 is 1.47 bits per heavy atom. The van der Waals surface area contributed by atoms with Gasteiger partial charge in [0.2, 0.25) is 10.0 Å². The van der Waals surface area contributed by atoms with Gasteiger partial charge in [0.05, 0.1) is 17.1 Å². The molecule has 6 heteroatoms. The average Bonchev–Trinajstić information content (AvgIpc) is 2.26. The number of fused-ring (bicyclic) bond motifs is 1. The number of nitrogens with two attached hydrogens (primary N) is 1. The van der Waals surface area contributed by atoms with E-state index in [-0.39, 0.29) is 11.0 Å². The summed E-state index contributed by atoms with van der Waals surface area (Å²) in [6.07, 6.45) is 0.0998. The normalized spacial score (nSPS) is 19.4. The fraction of sp³-hybridized carbons (Fsp3) is 0.455. The molecule has 1 aliphatic heterocycles. The van der Waals surface area contributed by atoms with Crippen molar-refractivity contribution in [3.05, 3.63) is 18.2 Å². The van der Waals surface area contributed by atoms with Crippen molar-refractivity contribution in [2.45, 2.75) is 24.8 Å². The van der Waals surface area contributed by atoms with E-state index in [9.17, 15) is 8.42 Å². The predicted molar refractivity (Wildman–Crippen MR) is 65.6 cm³/mol. The SMILES string of the molecule is CC(C)C1CNc2cc(S(N)(=O)=O)ccc2O1. The fourth-order valence-electron chi connectivity index (χ4n) is 1.71. The van der Waals surface area contributed by atoms with Gasteiger partial charge in [-0.05, 0) is 24.1 Å². The number of rotatable bonds is 2. The van der Waals surface area contributed by atoms with E-state index in [0.29, 0.717) is 23.9 Å². The van der Waals surface area contributed by atoms with E-state index in [0.717, 1.165) is 0 Å². The predicted octanol–water partition coefficient (Wildman–Crippen LogP) is 1.16. The van der Waals surface area contributed by atoms with Crippen molar-refractivity contribution < 1.29 is 13.2 Å². The van der Waals surface area contributed by atoms with Crippen molar-refractivity contribution in [2.24, 2.45) is 11.1 Å². The second-order valence-electron chi connectivity index (χ2n) is 4.48. The van der Waals surface area contributed by atoms with E-state index in [1.807, 2.05) is 0 Å². The molecule has 0 bridgehead atoms. The summed E-state index contributed by atoms with van der Waals surface area (Å²) in [5.74, 6) is 1.07. The van der Waals surface area contributed by atoms with Gasteiger partial charge in [-0.25, -0.2) is 13.6 Å². The highest BCUT2D eigenvalue weighted by atomic mass is 32.2. The molecule has 94 valence electrons. The van der Waals surface area contributed by atoms with Crippen molar-refractivity contribution in [1.82, 2.24) is 0 Å². The molecule has 0 spiro atoms. The molecule has 0 saturated carbocycles. The summed E-state index contributed by atoms with van der Waals surface area (Å²) in [5.41, 5.74) is 0.674. The van der Waals surface area contributed by atoms with Gasteiger partial charge in [0, 0.05) is 0 Å². The molecule has 0 fully saturated rings. The zero-order valence-corrected chi connectivity index (χ0v) is 10.6. The number of anilines is 1. The highest BCUT2D eigenvalue weighted by Gasteiger charge is 2.23. The molecular weight excluding hydrogens is 240 g/mol. The summed E-state index contributed by atoms with van der Waals surface area (Å²) in [5, 5.41) is 8.23. The molecule has 5 nitrogen and oxygen atoms in total. The Morgan fingerprint density at radius 3 is 2.76 bits per heavy atom. The molecule has 1 aromatic carbocycles. The maximum atomic E-state index is 11.2. The van der Waals surface area contributed by atoms with Gasteiger partial charge in [-0.1, -0.05) is 13.8 Å². The first-order chi connectivity index (χ1) is 7.88. The molecule has 1 atom stereocenters. The van der Waals surface area contributed by atoms with Crippen LogP contribution in [0.2, 0.25) is 0 Å². The van der Waals surface area contributed by atoms with Crippen molar-refractivity contribution in [3.63, 3.8) is 0 Å². The van der Waals surface area contributed by atoms with Crippen LogP contribution in [0.25, 0.3) is 0 Å². The van der Waals surface area contributed by atoms with Crippen LogP contribution in [0.3, 0.4) is 0 Å². The molecule has 0 aliphatic carbocycles. The molecule has 0 saturated heterocycles. The minimum absolute atomic E-state index is 0.0929. The van der Waals surface area contributed by atoms with E-state index in [1.54, 1.807) is 6.07 Å². The van der Waals surface area contributed by atoms with E-state index < -0.39 is 10.0 Å². The first-order valence-electron chi connectivity index (χ1n) is 5.45. The summed E-state index contributed by atoms with van der Waals surface area (Å²) in [7, 11) is -3.66. The Hall–Kier alpha value is -1.27. The number of benzene rings is 1. The molecule has 3 N–H and O–H groups in total. The van der Waals surface area contributed by atoms with Gasteiger partial charge >= 0.3 is 0 Å². The Morgan fingerprint density at radius 2 is 2.18 bits per heavy atom. The molecule has 0 aromatic heterocycles. The van der Waals surface area contributed by atoms with Crippen molar-refractivity contribution in [2.75, 3.05) is 11.9 Å². The zero-order valence-electron chi connectivity index (χ0n) is 9.80. The fourth-order valence-corrected chi connectivity index (χ4v) is 2.25. The molecule has 1 unspecified atom stereocenters. The van der Waals surface area contributed by atoms with Gasteiger partial charge in [-0.2, -0.15) is 0 Å². The Kier molecular flexibility index (Phi) is 3.01. The third-order valence-corrected chi connectivity index (χ3v) is 3.71. The number of sulfonamides is 1. The topological polar surface area (TPSA) is 81.4 Å². The van der Waals surface area contributed by atoms with Crippen LogP contribution in [-0.2, 0) is 10.0 Å². The van der Waals surface area contributed by atoms with Crippen LogP contribution in [0.4, 0.5) is 5.69 Å². The minimum atomic E-state index is -3.66. The maximum Gasteiger partial charge on any atom is 0.238 e. The average molecular weight is 256 g/mol. The molecule has 1 aromatic rings. The van der Waals surface area contributed by atoms with Crippen LogP contribution in [0.5, 0.6) is 5.75 Å². The summed E-state index contributed by atoms with van der Waals surface area (Å²) in [4.78, 5) is 0.0929. The van der Waals surface area contributed by atoms with Gasteiger partial charge < -0.3 is 10.1 Å². The third kappa shape index (κ3) is 2.53. The van der Waals surface area contributed by atoms with Crippen LogP contribution in [0, 0.1) is 5.92 Å². The molecule has 2 rings (SSSR count). The third-order valence-electron chi connectivity index (χ3n) is 2.80. The summed E-state index contributed by atoms with van der Waals surface area (Å²) < 4.78 is 28.2. The van der Waals surface area contributed by atoms with Crippen molar-refractivity contribution in [1.29, 1.82) is 0 Å². The van der Waals surface area contributed by atoms with E-state index in [2.05, 4.69) is 19.2 Å². The van der Waals surface area contributed by atoms with E-state index >= 15 is 0 Å². The number of hydrogen-bond donors (Lipinski definition) is 2. The molecule has 0 amide bonds. The lowest BCUT2D eigenvalue weighted by atomic mass is 10.1. The number of ether oxygens (including phenoxy) is 1. The molecule has 17 heavy (non-hydrogen) atoms. The highest BCUT2D eigenvalue weighted by molar-refractivity contribution is 7.89. The van der Waals surface area contributed by atoms with E-state index in [4.69, 9.17) is 9.88 Å². The molecule has 1 aliphatic rings. The van der Waals surface area contributed by atoms with Gasteiger partial charge in [0.15, 0.2) is 0 Å². The first-order valence-corrected chi connectivity index (χ1v) is 7.00. The smallest absolute Gasteiger partial charge is 0.238 e. The Balaban J connectivity index is 2.32. The van der Waals surface area contributed by atoms with Gasteiger partial charge in [-0.15, -0.1) is 0 Å². The highest BCUT2D eigenvalue weighted by Crippen LogP contribution is 2.32. The van der Waals surface area contributed by atoms with Crippen molar-refractivity contribution in [3.8, 4) is 5.75 Å². The lowest BCUT2D eigenvalue weighted by Gasteiger charge is -2.30. The Labute approximate surface area is 101 Å². The van der Waals surface area contributed by atoms with Gasteiger partial charge in [-0.3, -0.25) is 0 Å². The largest absolute Gasteiger partial charge is 0.486 e. The standard InChI is InChI=1S/C11H16N2O3S/c1-7(2)11-6-13-9-5-8(17(12,14)15)3-4-10(9)16-11/h3-5,7,11,13H,6H2,1-2H3,(H2,12,14,15). The minimum Gasteiger partial charge on any atom is -0.486 e. The molecular formula is C11H16N2O3S. The van der Waals surface area contributed by atoms with Gasteiger partial charge in [0.1, 0.15) is 11.9 Å². The lowest BCUT2D eigenvalue weighted by Crippen LogP contribution is -2.35. The molecule has 0 radical (unpaired) electrons. The van der Waals surface area contributed by atoms with Gasteiger partial charge in [0.25, 0.3) is 0 Å². The van der Waals surface area contributed by atoms with Crippen LogP contribution in [-0.4, -0.2) is 21.1 Å². The molecule has 1 heterocycles. The van der Waals surface area contributed by atoms with Crippen LogP contribution >= 0.6 is 0 Å². The number of nitrogens with one attached hydrogen (secondary N) is 1. The van der Waals surface area contributed by atoms with Crippen LogP contribution in [0.15, 0.2) is 23.1 Å².